The Morgan fingerprint density at radius 1 is 1.24 bits per heavy atom. The van der Waals surface area contributed by atoms with Gasteiger partial charge in [-0.2, -0.15) is 0 Å². The van der Waals surface area contributed by atoms with Gasteiger partial charge in [-0.3, -0.25) is 0 Å². The van der Waals surface area contributed by atoms with Crippen molar-refractivity contribution < 1.29 is 5.11 Å². The molecule has 2 rings (SSSR count). The van der Waals surface area contributed by atoms with Gasteiger partial charge < -0.3 is 20.2 Å². The monoisotopic (exact) mass is 297 g/mol. The zero-order chi connectivity index (χ0) is 15.5. The highest BCUT2D eigenvalue weighted by Crippen LogP contribution is 2.35. The van der Waals surface area contributed by atoms with Gasteiger partial charge in [0.2, 0.25) is 0 Å². The summed E-state index contributed by atoms with van der Waals surface area (Å²) >= 11 is 0. The summed E-state index contributed by atoms with van der Waals surface area (Å²) in [5, 5.41) is 13.5. The molecule has 0 spiro atoms. The Hall–Kier alpha value is -0.160. The van der Waals surface area contributed by atoms with E-state index in [1.54, 1.807) is 0 Å². The smallest absolute Gasteiger partial charge is 0.0614 e. The number of hydrogen-bond acceptors (Lipinski definition) is 4. The molecule has 2 N–H and O–H groups in total. The molecule has 0 bridgehead atoms. The first-order chi connectivity index (χ1) is 9.94. The van der Waals surface area contributed by atoms with Gasteiger partial charge in [0, 0.05) is 24.2 Å². The Labute approximate surface area is 130 Å². The molecule has 2 atom stereocenters. The third kappa shape index (κ3) is 4.65. The van der Waals surface area contributed by atoms with Gasteiger partial charge in [-0.1, -0.05) is 13.8 Å². The molecule has 2 fully saturated rings. The van der Waals surface area contributed by atoms with Gasteiger partial charge in [-0.25, -0.2) is 0 Å². The molecule has 124 valence electrons. The minimum Gasteiger partial charge on any atom is -0.394 e. The van der Waals surface area contributed by atoms with Gasteiger partial charge in [0.15, 0.2) is 0 Å². The topological polar surface area (TPSA) is 38.7 Å². The van der Waals surface area contributed by atoms with Crippen LogP contribution >= 0.6 is 0 Å². The molecule has 1 heterocycles. The average molecular weight is 297 g/mol. The van der Waals surface area contributed by atoms with Crippen molar-refractivity contribution in [3.63, 3.8) is 0 Å². The summed E-state index contributed by atoms with van der Waals surface area (Å²) in [6.45, 7) is 8.35. The van der Waals surface area contributed by atoms with Crippen molar-refractivity contribution in [3.05, 3.63) is 0 Å². The van der Waals surface area contributed by atoms with Crippen LogP contribution in [0.3, 0.4) is 0 Å². The third-order valence-corrected chi connectivity index (χ3v) is 5.27. The van der Waals surface area contributed by atoms with Crippen LogP contribution in [0.5, 0.6) is 0 Å². The second-order valence-electron chi connectivity index (χ2n) is 7.88. The number of hydrogen-bond donors (Lipinski definition) is 2. The predicted molar refractivity (Wildman–Crippen MR) is 88.6 cm³/mol. The maximum absolute atomic E-state index is 9.84. The average Bonchev–Trinajstić information content (AvgIpc) is 2.83. The Morgan fingerprint density at radius 3 is 2.43 bits per heavy atom. The highest BCUT2D eigenvalue weighted by Gasteiger charge is 2.41. The van der Waals surface area contributed by atoms with Crippen LogP contribution in [0, 0.1) is 5.92 Å². The lowest BCUT2D eigenvalue weighted by Crippen LogP contribution is -2.51. The fourth-order valence-corrected chi connectivity index (χ4v) is 4.36. The van der Waals surface area contributed by atoms with Gasteiger partial charge in [0.05, 0.1) is 6.61 Å². The Kier molecular flexibility index (Phi) is 6.06. The summed E-state index contributed by atoms with van der Waals surface area (Å²) in [5.74, 6) is 0.869. The van der Waals surface area contributed by atoms with E-state index in [0.29, 0.717) is 12.1 Å². The lowest BCUT2D eigenvalue weighted by Gasteiger charge is -2.38. The van der Waals surface area contributed by atoms with E-state index in [0.717, 1.165) is 18.8 Å². The van der Waals surface area contributed by atoms with E-state index in [1.165, 1.54) is 38.9 Å². The summed E-state index contributed by atoms with van der Waals surface area (Å²) in [5.41, 5.74) is -0.0285. The molecule has 0 aromatic heterocycles. The van der Waals surface area contributed by atoms with Crippen LogP contribution in [0.15, 0.2) is 0 Å². The summed E-state index contributed by atoms with van der Waals surface area (Å²) < 4.78 is 0. The van der Waals surface area contributed by atoms with Crippen LogP contribution < -0.4 is 5.32 Å². The molecule has 4 nitrogen and oxygen atoms in total. The SMILES string of the molecule is CC(C)NC1(CO)CCC(N2CCC(CN(C)C)CC2)C1. The largest absolute Gasteiger partial charge is 0.394 e. The van der Waals surface area contributed by atoms with Crippen molar-refractivity contribution in [1.29, 1.82) is 0 Å². The lowest BCUT2D eigenvalue weighted by atomic mass is 9.94. The van der Waals surface area contributed by atoms with Crippen molar-refractivity contribution in [3.8, 4) is 0 Å². The maximum atomic E-state index is 9.84. The number of aliphatic hydroxyl groups excluding tert-OH is 1. The van der Waals surface area contributed by atoms with Crippen LogP contribution in [-0.2, 0) is 0 Å². The molecular weight excluding hydrogens is 262 g/mol. The summed E-state index contributed by atoms with van der Waals surface area (Å²) in [7, 11) is 4.35. The molecule has 1 aliphatic carbocycles. The minimum absolute atomic E-state index is 0.0285. The first kappa shape index (κ1) is 17.2. The van der Waals surface area contributed by atoms with Gasteiger partial charge in [-0.15, -0.1) is 0 Å². The second kappa shape index (κ2) is 7.40. The molecule has 21 heavy (non-hydrogen) atoms. The number of piperidine rings is 1. The Morgan fingerprint density at radius 2 is 1.90 bits per heavy atom. The van der Waals surface area contributed by atoms with E-state index in [9.17, 15) is 5.11 Å². The zero-order valence-corrected chi connectivity index (χ0v) is 14.4. The number of aliphatic hydroxyl groups is 1. The van der Waals surface area contributed by atoms with Crippen LogP contribution in [0.4, 0.5) is 0 Å². The molecule has 2 unspecified atom stereocenters. The number of rotatable bonds is 6. The number of nitrogens with one attached hydrogen (secondary N) is 1. The molecule has 0 aromatic carbocycles. The minimum atomic E-state index is -0.0285. The van der Waals surface area contributed by atoms with E-state index < -0.39 is 0 Å². The van der Waals surface area contributed by atoms with Gasteiger partial charge in [0.1, 0.15) is 0 Å². The molecular formula is C17H35N3O. The van der Waals surface area contributed by atoms with Gasteiger partial charge in [0.25, 0.3) is 0 Å². The quantitative estimate of drug-likeness (QED) is 0.780. The van der Waals surface area contributed by atoms with Crippen molar-refractivity contribution >= 4 is 0 Å². The van der Waals surface area contributed by atoms with Crippen LogP contribution in [0.25, 0.3) is 0 Å². The normalized spacial score (nSPS) is 32.4. The first-order valence-electron chi connectivity index (χ1n) is 8.71. The van der Waals surface area contributed by atoms with E-state index in [2.05, 4.69) is 43.1 Å². The fraction of sp³-hybridized carbons (Fsp3) is 1.00. The van der Waals surface area contributed by atoms with Crippen molar-refractivity contribution in [2.24, 2.45) is 5.92 Å². The molecule has 1 saturated heterocycles. The standard InChI is InChI=1S/C17H35N3O/c1-14(2)18-17(13-21)8-5-16(11-17)20-9-6-15(7-10-20)12-19(3)4/h14-16,18,21H,5-13H2,1-4H3. The van der Waals surface area contributed by atoms with E-state index in [-0.39, 0.29) is 12.1 Å². The molecule has 0 aromatic rings. The predicted octanol–water partition coefficient (Wildman–Crippen LogP) is 1.54. The summed E-state index contributed by atoms with van der Waals surface area (Å²) in [4.78, 5) is 5.00. The van der Waals surface area contributed by atoms with Crippen LogP contribution in [0.2, 0.25) is 0 Å². The second-order valence-corrected chi connectivity index (χ2v) is 7.88. The molecule has 0 amide bonds. The van der Waals surface area contributed by atoms with Gasteiger partial charge in [-0.05, 0) is 65.2 Å². The lowest BCUT2D eigenvalue weighted by molar-refractivity contribution is 0.104. The van der Waals surface area contributed by atoms with Crippen molar-refractivity contribution in [2.45, 2.75) is 63.6 Å². The molecule has 4 heteroatoms. The third-order valence-electron chi connectivity index (χ3n) is 5.27. The summed E-state index contributed by atoms with van der Waals surface area (Å²) in [6, 6.07) is 1.12. The molecule has 1 saturated carbocycles. The Balaban J connectivity index is 1.82. The van der Waals surface area contributed by atoms with Crippen molar-refractivity contribution in [1.82, 2.24) is 15.1 Å². The molecule has 0 radical (unpaired) electrons. The fourth-order valence-electron chi connectivity index (χ4n) is 4.36. The number of likely N-dealkylation sites (tertiary alicyclic amines) is 1. The van der Waals surface area contributed by atoms with Crippen LogP contribution in [-0.4, -0.2) is 72.9 Å². The maximum Gasteiger partial charge on any atom is 0.0614 e. The van der Waals surface area contributed by atoms with Gasteiger partial charge >= 0.3 is 0 Å². The summed E-state index contributed by atoms with van der Waals surface area (Å²) in [6.07, 6.45) is 6.12. The molecule has 1 aliphatic heterocycles. The highest BCUT2D eigenvalue weighted by atomic mass is 16.3. The zero-order valence-electron chi connectivity index (χ0n) is 14.4. The molecule has 2 aliphatic rings. The Bertz CT molecular complexity index is 313. The highest BCUT2D eigenvalue weighted by molar-refractivity contribution is 5.00. The number of nitrogens with zero attached hydrogens (tertiary/aromatic N) is 2. The first-order valence-corrected chi connectivity index (χ1v) is 8.71. The van der Waals surface area contributed by atoms with E-state index in [4.69, 9.17) is 0 Å². The van der Waals surface area contributed by atoms with Crippen molar-refractivity contribution in [2.75, 3.05) is 40.3 Å². The van der Waals surface area contributed by atoms with Crippen LogP contribution in [0.1, 0.15) is 46.0 Å². The van der Waals surface area contributed by atoms with E-state index >= 15 is 0 Å². The van der Waals surface area contributed by atoms with E-state index in [1.807, 2.05) is 0 Å².